The molecule has 2 aromatic rings. The van der Waals surface area contributed by atoms with Gasteiger partial charge in [0.2, 0.25) is 0 Å². The molecule has 0 saturated carbocycles. The van der Waals surface area contributed by atoms with Crippen LogP contribution in [0, 0.1) is 11.8 Å². The van der Waals surface area contributed by atoms with Crippen molar-refractivity contribution in [3.05, 3.63) is 42.1 Å². The lowest BCUT2D eigenvalue weighted by Crippen LogP contribution is -2.38. The third kappa shape index (κ3) is 5.28. The Hall–Kier alpha value is -2.43. The minimum Gasteiger partial charge on any atom is -0.370 e. The number of hydrogen-bond acceptors (Lipinski definition) is 4. The maximum Gasteiger partial charge on any atom is 0.272 e. The SMILES string of the molecule is CC(C)CCNc1cc(C(=O)N2CCC(C)CC2)nc(-c2ccccc2)n1. The van der Waals surface area contributed by atoms with Crippen LogP contribution in [0.5, 0.6) is 0 Å². The lowest BCUT2D eigenvalue weighted by molar-refractivity contribution is 0.0691. The summed E-state index contributed by atoms with van der Waals surface area (Å²) in [6.45, 7) is 9.09. The summed E-state index contributed by atoms with van der Waals surface area (Å²) in [5.41, 5.74) is 1.40. The van der Waals surface area contributed by atoms with Gasteiger partial charge in [0.1, 0.15) is 11.5 Å². The maximum absolute atomic E-state index is 13.0. The van der Waals surface area contributed by atoms with E-state index in [1.165, 1.54) is 0 Å². The van der Waals surface area contributed by atoms with Crippen molar-refractivity contribution in [1.82, 2.24) is 14.9 Å². The summed E-state index contributed by atoms with van der Waals surface area (Å²) >= 11 is 0. The molecule has 27 heavy (non-hydrogen) atoms. The quantitative estimate of drug-likeness (QED) is 0.819. The highest BCUT2D eigenvalue weighted by Gasteiger charge is 2.23. The Morgan fingerprint density at radius 3 is 2.56 bits per heavy atom. The molecule has 1 amide bonds. The number of piperidine rings is 1. The second-order valence-electron chi connectivity index (χ2n) is 7.91. The molecule has 1 aromatic heterocycles. The van der Waals surface area contributed by atoms with E-state index in [1.54, 1.807) is 6.07 Å². The Labute approximate surface area is 162 Å². The Morgan fingerprint density at radius 1 is 1.19 bits per heavy atom. The van der Waals surface area contributed by atoms with Crippen molar-refractivity contribution in [3.8, 4) is 11.4 Å². The molecular formula is C22H30N4O. The first-order valence-corrected chi connectivity index (χ1v) is 10.0. The monoisotopic (exact) mass is 366 g/mol. The first-order valence-electron chi connectivity index (χ1n) is 10.0. The third-order valence-corrected chi connectivity index (χ3v) is 5.08. The van der Waals surface area contributed by atoms with Gasteiger partial charge in [0, 0.05) is 31.3 Å². The highest BCUT2D eigenvalue weighted by Crippen LogP contribution is 2.21. The van der Waals surface area contributed by atoms with E-state index in [-0.39, 0.29) is 5.91 Å². The number of amides is 1. The zero-order valence-electron chi connectivity index (χ0n) is 16.6. The van der Waals surface area contributed by atoms with Crippen LogP contribution in [-0.2, 0) is 0 Å². The molecule has 3 rings (SSSR count). The maximum atomic E-state index is 13.0. The number of hydrogen-bond donors (Lipinski definition) is 1. The number of rotatable bonds is 6. The Kier molecular flexibility index (Phi) is 6.43. The van der Waals surface area contributed by atoms with E-state index >= 15 is 0 Å². The smallest absolute Gasteiger partial charge is 0.272 e. The van der Waals surface area contributed by atoms with Crippen LogP contribution in [0.15, 0.2) is 36.4 Å². The number of carbonyl (C=O) groups is 1. The molecule has 144 valence electrons. The van der Waals surface area contributed by atoms with Crippen LogP contribution in [0.3, 0.4) is 0 Å². The van der Waals surface area contributed by atoms with Crippen LogP contribution in [0.25, 0.3) is 11.4 Å². The first kappa shape index (κ1) is 19.3. The van der Waals surface area contributed by atoms with Gasteiger partial charge in [0.05, 0.1) is 0 Å². The highest BCUT2D eigenvalue weighted by molar-refractivity contribution is 5.93. The van der Waals surface area contributed by atoms with Gasteiger partial charge in [0.15, 0.2) is 5.82 Å². The van der Waals surface area contributed by atoms with E-state index in [1.807, 2.05) is 35.2 Å². The van der Waals surface area contributed by atoms with Gasteiger partial charge < -0.3 is 10.2 Å². The van der Waals surface area contributed by atoms with E-state index in [0.717, 1.165) is 50.3 Å². The molecule has 1 aliphatic heterocycles. The Bertz CT molecular complexity index is 752. The first-order chi connectivity index (χ1) is 13.0. The minimum atomic E-state index is 0.00777. The number of nitrogens with zero attached hydrogens (tertiary/aromatic N) is 3. The van der Waals surface area contributed by atoms with Crippen molar-refractivity contribution in [2.45, 2.75) is 40.0 Å². The number of benzene rings is 1. The second-order valence-corrected chi connectivity index (χ2v) is 7.91. The Balaban J connectivity index is 1.86. The van der Waals surface area contributed by atoms with E-state index in [9.17, 15) is 4.79 Å². The number of nitrogens with one attached hydrogen (secondary N) is 1. The molecule has 1 aliphatic rings. The van der Waals surface area contributed by atoms with Crippen LogP contribution in [-0.4, -0.2) is 40.4 Å². The van der Waals surface area contributed by atoms with Crippen molar-refractivity contribution < 1.29 is 4.79 Å². The minimum absolute atomic E-state index is 0.00777. The molecule has 1 fully saturated rings. The van der Waals surface area contributed by atoms with Crippen LogP contribution >= 0.6 is 0 Å². The largest absolute Gasteiger partial charge is 0.370 e. The molecule has 0 radical (unpaired) electrons. The molecule has 1 N–H and O–H groups in total. The summed E-state index contributed by atoms with van der Waals surface area (Å²) < 4.78 is 0. The number of anilines is 1. The fourth-order valence-electron chi connectivity index (χ4n) is 3.23. The second kappa shape index (κ2) is 8.98. The fourth-order valence-corrected chi connectivity index (χ4v) is 3.23. The summed E-state index contributed by atoms with van der Waals surface area (Å²) in [7, 11) is 0. The zero-order chi connectivity index (χ0) is 19.2. The normalized spacial score (nSPS) is 15.2. The van der Waals surface area contributed by atoms with Crippen LogP contribution < -0.4 is 5.32 Å². The average Bonchev–Trinajstić information content (AvgIpc) is 2.68. The molecule has 5 nitrogen and oxygen atoms in total. The molecule has 0 unspecified atom stereocenters. The lowest BCUT2D eigenvalue weighted by atomic mass is 9.99. The average molecular weight is 367 g/mol. The van der Waals surface area contributed by atoms with Crippen LogP contribution in [0.1, 0.15) is 50.5 Å². The third-order valence-electron chi connectivity index (χ3n) is 5.08. The predicted molar refractivity (Wildman–Crippen MR) is 110 cm³/mol. The standard InChI is InChI=1S/C22H30N4O/c1-16(2)9-12-23-20-15-19(22(27)26-13-10-17(3)11-14-26)24-21(25-20)18-7-5-4-6-8-18/h4-8,15-17H,9-14H2,1-3H3,(H,23,24,25). The molecule has 0 bridgehead atoms. The summed E-state index contributed by atoms with van der Waals surface area (Å²) in [5, 5.41) is 3.37. The number of likely N-dealkylation sites (tertiary alicyclic amines) is 1. The van der Waals surface area contributed by atoms with Crippen molar-refractivity contribution in [3.63, 3.8) is 0 Å². The van der Waals surface area contributed by atoms with Crippen molar-refractivity contribution in [2.75, 3.05) is 25.0 Å². The number of carbonyl (C=O) groups excluding carboxylic acids is 1. The summed E-state index contributed by atoms with van der Waals surface area (Å²) in [6.07, 6.45) is 3.17. The topological polar surface area (TPSA) is 58.1 Å². The van der Waals surface area contributed by atoms with Gasteiger partial charge in [0.25, 0.3) is 5.91 Å². The summed E-state index contributed by atoms with van der Waals surface area (Å²) in [6, 6.07) is 11.6. The van der Waals surface area contributed by atoms with Gasteiger partial charge >= 0.3 is 0 Å². The van der Waals surface area contributed by atoms with E-state index in [0.29, 0.717) is 23.4 Å². The highest BCUT2D eigenvalue weighted by atomic mass is 16.2. The van der Waals surface area contributed by atoms with Crippen molar-refractivity contribution in [1.29, 1.82) is 0 Å². The van der Waals surface area contributed by atoms with Crippen molar-refractivity contribution >= 4 is 11.7 Å². The van der Waals surface area contributed by atoms with Gasteiger partial charge in [-0.3, -0.25) is 4.79 Å². The van der Waals surface area contributed by atoms with Gasteiger partial charge in [-0.15, -0.1) is 0 Å². The van der Waals surface area contributed by atoms with Crippen molar-refractivity contribution in [2.24, 2.45) is 11.8 Å². The molecule has 1 saturated heterocycles. The fraction of sp³-hybridized carbons (Fsp3) is 0.500. The predicted octanol–water partition coefficient (Wildman–Crippen LogP) is 4.47. The molecular weight excluding hydrogens is 336 g/mol. The van der Waals surface area contributed by atoms with Gasteiger partial charge in [-0.1, -0.05) is 51.1 Å². The molecule has 5 heteroatoms. The van der Waals surface area contributed by atoms with Gasteiger partial charge in [-0.05, 0) is 31.1 Å². The van der Waals surface area contributed by atoms with Gasteiger partial charge in [-0.2, -0.15) is 0 Å². The van der Waals surface area contributed by atoms with E-state index < -0.39 is 0 Å². The van der Waals surface area contributed by atoms with E-state index in [2.05, 4.69) is 36.1 Å². The number of aromatic nitrogens is 2. The lowest BCUT2D eigenvalue weighted by Gasteiger charge is -2.30. The molecule has 0 aliphatic carbocycles. The van der Waals surface area contributed by atoms with Gasteiger partial charge in [-0.25, -0.2) is 9.97 Å². The van der Waals surface area contributed by atoms with E-state index in [4.69, 9.17) is 0 Å². The molecule has 0 spiro atoms. The summed E-state index contributed by atoms with van der Waals surface area (Å²) in [4.78, 5) is 24.2. The Morgan fingerprint density at radius 2 is 1.89 bits per heavy atom. The van der Waals surface area contributed by atoms with Crippen LogP contribution in [0.2, 0.25) is 0 Å². The molecule has 1 aromatic carbocycles. The molecule has 2 heterocycles. The summed E-state index contributed by atoms with van der Waals surface area (Å²) in [5.74, 6) is 2.63. The van der Waals surface area contributed by atoms with Crippen LogP contribution in [0.4, 0.5) is 5.82 Å². The zero-order valence-corrected chi connectivity index (χ0v) is 16.6. The molecule has 0 atom stereocenters.